The van der Waals surface area contributed by atoms with E-state index in [0.717, 1.165) is 12.1 Å². The maximum Gasteiger partial charge on any atom is 0.249 e. The Kier molecular flexibility index (Phi) is 5.83. The first-order chi connectivity index (χ1) is 12.2. The van der Waals surface area contributed by atoms with E-state index in [-0.39, 0.29) is 18.4 Å². The molecule has 0 fully saturated rings. The van der Waals surface area contributed by atoms with Gasteiger partial charge in [0.1, 0.15) is 12.6 Å². The average Bonchev–Trinajstić information content (AvgIpc) is 3.29. The zero-order valence-corrected chi connectivity index (χ0v) is 15.0. The van der Waals surface area contributed by atoms with Crippen LogP contribution in [-0.4, -0.2) is 52.6 Å². The molecule has 0 radical (unpaired) electrons. The van der Waals surface area contributed by atoms with Gasteiger partial charge >= 0.3 is 0 Å². The van der Waals surface area contributed by atoms with E-state index in [0.29, 0.717) is 26.2 Å². The first-order valence-corrected chi connectivity index (χ1v) is 9.23. The van der Waals surface area contributed by atoms with E-state index in [1.165, 1.54) is 4.88 Å². The summed E-state index contributed by atoms with van der Waals surface area (Å²) in [5, 5.41) is 5.00. The number of aromatic nitrogens is 2. The second-order valence-corrected chi connectivity index (χ2v) is 6.87. The van der Waals surface area contributed by atoms with Crippen LogP contribution in [0.2, 0.25) is 0 Å². The van der Waals surface area contributed by atoms with E-state index < -0.39 is 6.04 Å². The Morgan fingerprint density at radius 1 is 1.48 bits per heavy atom. The van der Waals surface area contributed by atoms with Crippen LogP contribution in [0.15, 0.2) is 30.0 Å². The van der Waals surface area contributed by atoms with Crippen molar-refractivity contribution in [3.8, 4) is 0 Å². The van der Waals surface area contributed by atoms with Gasteiger partial charge in [0.15, 0.2) is 0 Å². The van der Waals surface area contributed by atoms with Crippen LogP contribution in [0.3, 0.4) is 0 Å². The van der Waals surface area contributed by atoms with E-state index in [1.807, 2.05) is 22.9 Å². The topological polar surface area (TPSA) is 76.5 Å². The maximum atomic E-state index is 12.6. The molecule has 0 aromatic carbocycles. The number of amides is 2. The maximum absolute atomic E-state index is 12.6. The number of carbonyl (C=O) groups excluding carboxylic acids is 2. The van der Waals surface area contributed by atoms with E-state index in [1.54, 1.807) is 28.8 Å². The second kappa shape index (κ2) is 8.26. The highest BCUT2D eigenvalue weighted by Gasteiger charge is 2.32. The first kappa shape index (κ1) is 17.6. The zero-order valence-electron chi connectivity index (χ0n) is 14.2. The first-order valence-electron chi connectivity index (χ1n) is 8.35. The Bertz CT molecular complexity index is 713. The number of fused-ring (bicyclic) bond motifs is 1. The summed E-state index contributed by atoms with van der Waals surface area (Å²) in [6, 6.07) is 3.60. The lowest BCUT2D eigenvalue weighted by atomic mass is 10.1. The van der Waals surface area contributed by atoms with E-state index >= 15 is 0 Å². The Labute approximate surface area is 150 Å². The van der Waals surface area contributed by atoms with Crippen molar-refractivity contribution in [2.75, 3.05) is 26.3 Å². The lowest BCUT2D eigenvalue weighted by molar-refractivity contribution is -0.139. The Morgan fingerprint density at radius 2 is 2.36 bits per heavy atom. The summed E-state index contributed by atoms with van der Waals surface area (Å²) in [5.74, 6) is -0.199. The molecule has 2 aromatic rings. The van der Waals surface area contributed by atoms with E-state index in [4.69, 9.17) is 4.74 Å². The van der Waals surface area contributed by atoms with E-state index in [2.05, 4.69) is 16.4 Å². The molecule has 8 heteroatoms. The average molecular weight is 362 g/mol. The van der Waals surface area contributed by atoms with Crippen molar-refractivity contribution in [2.45, 2.75) is 25.9 Å². The van der Waals surface area contributed by atoms with Crippen LogP contribution < -0.4 is 5.32 Å². The third-order valence-electron chi connectivity index (χ3n) is 4.16. The number of carbonyl (C=O) groups is 2. The van der Waals surface area contributed by atoms with Gasteiger partial charge in [-0.05, 0) is 24.8 Å². The number of nitrogens with zero attached hydrogens (tertiary/aromatic N) is 3. The minimum atomic E-state index is -0.458. The van der Waals surface area contributed by atoms with Crippen molar-refractivity contribution in [3.63, 3.8) is 0 Å². The third-order valence-corrected chi connectivity index (χ3v) is 5.10. The van der Waals surface area contributed by atoms with E-state index in [9.17, 15) is 9.59 Å². The molecule has 1 unspecified atom stereocenters. The predicted octanol–water partition coefficient (Wildman–Crippen LogP) is 1.22. The molecule has 3 rings (SSSR count). The third kappa shape index (κ3) is 4.26. The van der Waals surface area contributed by atoms with Gasteiger partial charge in [0.2, 0.25) is 11.8 Å². The molecule has 134 valence electrons. The number of thiophene rings is 1. The van der Waals surface area contributed by atoms with Gasteiger partial charge in [-0.15, -0.1) is 11.3 Å². The van der Waals surface area contributed by atoms with Crippen molar-refractivity contribution in [1.29, 1.82) is 0 Å². The van der Waals surface area contributed by atoms with Gasteiger partial charge in [-0.2, -0.15) is 0 Å². The number of imidazole rings is 1. The smallest absolute Gasteiger partial charge is 0.249 e. The summed E-state index contributed by atoms with van der Waals surface area (Å²) in [5.41, 5.74) is 0.856. The lowest BCUT2D eigenvalue weighted by Crippen LogP contribution is -2.47. The highest BCUT2D eigenvalue weighted by Crippen LogP contribution is 2.21. The molecule has 0 saturated carbocycles. The number of nitrogens with one attached hydrogen (secondary N) is 1. The molecule has 0 spiro atoms. The largest absolute Gasteiger partial charge is 0.372 e. The van der Waals surface area contributed by atoms with Crippen LogP contribution in [0, 0.1) is 0 Å². The fraction of sp³-hybridized carbons (Fsp3) is 0.471. The summed E-state index contributed by atoms with van der Waals surface area (Å²) in [6.07, 6.45) is 4.16. The van der Waals surface area contributed by atoms with Crippen LogP contribution in [0.4, 0.5) is 0 Å². The van der Waals surface area contributed by atoms with Crippen molar-refractivity contribution in [2.24, 2.45) is 0 Å². The minimum Gasteiger partial charge on any atom is -0.372 e. The normalized spacial score (nSPS) is 16.5. The molecule has 7 nitrogen and oxygen atoms in total. The van der Waals surface area contributed by atoms with Gasteiger partial charge in [-0.3, -0.25) is 9.59 Å². The van der Waals surface area contributed by atoms with Gasteiger partial charge < -0.3 is 19.5 Å². The molecule has 1 aliphatic rings. The molecule has 1 N–H and O–H groups in total. The van der Waals surface area contributed by atoms with Crippen LogP contribution in [0.25, 0.3) is 0 Å². The Balaban J connectivity index is 1.62. The molecule has 1 aliphatic heterocycles. The predicted molar refractivity (Wildman–Crippen MR) is 94.2 cm³/mol. The monoisotopic (exact) mass is 362 g/mol. The highest BCUT2D eigenvalue weighted by molar-refractivity contribution is 7.09. The van der Waals surface area contributed by atoms with Gasteiger partial charge in [-0.25, -0.2) is 4.98 Å². The quantitative estimate of drug-likeness (QED) is 0.804. The summed E-state index contributed by atoms with van der Waals surface area (Å²) in [7, 11) is 0. The second-order valence-electron chi connectivity index (χ2n) is 5.84. The number of ether oxygens (including phenoxy) is 1. The van der Waals surface area contributed by atoms with Crippen LogP contribution in [-0.2, 0) is 27.3 Å². The Hall–Kier alpha value is -2.19. The molecule has 25 heavy (non-hydrogen) atoms. The molecule has 2 amide bonds. The SMILES string of the molecule is CCOCC(=O)N1Cc2cncn2C(C(=O)NCCc2cccs2)C1. The molecule has 0 saturated heterocycles. The van der Waals surface area contributed by atoms with Gasteiger partial charge in [0.25, 0.3) is 0 Å². The van der Waals surface area contributed by atoms with Crippen molar-refractivity contribution in [3.05, 3.63) is 40.6 Å². The van der Waals surface area contributed by atoms with Crippen molar-refractivity contribution < 1.29 is 14.3 Å². The molecular formula is C17H22N4O3S. The van der Waals surface area contributed by atoms with Gasteiger partial charge in [0, 0.05) is 24.2 Å². The van der Waals surface area contributed by atoms with Crippen molar-refractivity contribution >= 4 is 23.2 Å². The minimum absolute atomic E-state index is 0.0390. The van der Waals surface area contributed by atoms with Gasteiger partial charge in [0.05, 0.1) is 25.1 Å². The molecule has 2 aromatic heterocycles. The van der Waals surface area contributed by atoms with Crippen LogP contribution >= 0.6 is 11.3 Å². The lowest BCUT2D eigenvalue weighted by Gasteiger charge is -2.33. The fourth-order valence-corrected chi connectivity index (χ4v) is 3.56. The standard InChI is InChI=1S/C17H22N4O3S/c1-2-24-11-16(22)20-9-13-8-18-12-21(13)15(10-20)17(23)19-6-5-14-4-3-7-25-14/h3-4,7-8,12,15H,2,5-6,9-11H2,1H3,(H,19,23). The molecule has 3 heterocycles. The summed E-state index contributed by atoms with van der Waals surface area (Å²) >= 11 is 1.68. The summed E-state index contributed by atoms with van der Waals surface area (Å²) < 4.78 is 7.06. The molecule has 1 atom stereocenters. The zero-order chi connectivity index (χ0) is 17.6. The van der Waals surface area contributed by atoms with Crippen LogP contribution in [0.1, 0.15) is 23.5 Å². The van der Waals surface area contributed by atoms with Crippen LogP contribution in [0.5, 0.6) is 0 Å². The molecular weight excluding hydrogens is 340 g/mol. The highest BCUT2D eigenvalue weighted by atomic mass is 32.1. The number of rotatable bonds is 7. The summed E-state index contributed by atoms with van der Waals surface area (Å²) in [4.78, 5) is 31.9. The number of hydrogen-bond acceptors (Lipinski definition) is 5. The molecule has 0 aliphatic carbocycles. The Morgan fingerprint density at radius 3 is 3.12 bits per heavy atom. The van der Waals surface area contributed by atoms with Crippen molar-refractivity contribution in [1.82, 2.24) is 19.8 Å². The number of hydrogen-bond donors (Lipinski definition) is 1. The fourth-order valence-electron chi connectivity index (χ4n) is 2.85. The molecule has 0 bridgehead atoms. The van der Waals surface area contributed by atoms with Gasteiger partial charge in [-0.1, -0.05) is 6.07 Å². The summed E-state index contributed by atoms with van der Waals surface area (Å²) in [6.45, 7) is 3.74.